The van der Waals surface area contributed by atoms with E-state index in [4.69, 9.17) is 4.74 Å². The van der Waals surface area contributed by atoms with Crippen molar-refractivity contribution >= 4 is 5.97 Å². The zero-order valence-electron chi connectivity index (χ0n) is 17.3. The first-order valence-corrected chi connectivity index (χ1v) is 10.7. The molecule has 5 rings (SSSR count). The van der Waals surface area contributed by atoms with Gasteiger partial charge in [-0.3, -0.25) is 4.79 Å². The molecule has 148 valence electrons. The Bertz CT molecular complexity index is 678. The van der Waals surface area contributed by atoms with Crippen LogP contribution >= 0.6 is 0 Å². The van der Waals surface area contributed by atoms with Crippen molar-refractivity contribution in [3.63, 3.8) is 0 Å². The van der Waals surface area contributed by atoms with Crippen LogP contribution in [0.4, 0.5) is 0 Å². The van der Waals surface area contributed by atoms with Crippen molar-refractivity contribution in [1.29, 1.82) is 0 Å². The van der Waals surface area contributed by atoms with Gasteiger partial charge < -0.3 is 9.84 Å². The zero-order chi connectivity index (χ0) is 19.4. The molecule has 4 fully saturated rings. The van der Waals surface area contributed by atoms with Crippen LogP contribution in [-0.2, 0) is 10.4 Å². The molecule has 3 nitrogen and oxygen atoms in total. The molecule has 1 N–H and O–H groups in total. The summed E-state index contributed by atoms with van der Waals surface area (Å²) in [5.41, 5.74) is -0.333. The first kappa shape index (κ1) is 19.0. The maximum Gasteiger partial charge on any atom is 0.316 e. The summed E-state index contributed by atoms with van der Waals surface area (Å²) in [4.78, 5) is 12.3. The van der Waals surface area contributed by atoms with Gasteiger partial charge in [0.25, 0.3) is 0 Å². The summed E-state index contributed by atoms with van der Waals surface area (Å²) in [5, 5.41) is 11.7. The molecule has 1 aromatic carbocycles. The summed E-state index contributed by atoms with van der Waals surface area (Å²) in [5.74, 6) is 2.77. The Morgan fingerprint density at radius 3 is 1.96 bits per heavy atom. The number of carbonyl (C=O) groups excluding carboxylic acids is 1. The Morgan fingerprint density at radius 1 is 1.04 bits per heavy atom. The molecule has 3 heteroatoms. The second-order valence-electron chi connectivity index (χ2n) is 10.4. The average molecular weight is 371 g/mol. The number of rotatable bonds is 5. The third-order valence-corrected chi connectivity index (χ3v) is 8.13. The molecule has 0 radical (unpaired) electrons. The Labute approximate surface area is 163 Å². The minimum absolute atomic E-state index is 0.0180. The molecular weight excluding hydrogens is 336 g/mol. The number of esters is 1. The lowest BCUT2D eigenvalue weighted by atomic mass is 9.45. The molecule has 4 bridgehead atoms. The molecule has 1 aromatic rings. The van der Waals surface area contributed by atoms with Crippen molar-refractivity contribution < 1.29 is 14.6 Å². The van der Waals surface area contributed by atoms with Gasteiger partial charge in [-0.25, -0.2) is 0 Å². The minimum atomic E-state index is -0.825. The second-order valence-corrected chi connectivity index (χ2v) is 10.4. The maximum absolute atomic E-state index is 12.3. The first-order chi connectivity index (χ1) is 12.6. The molecule has 27 heavy (non-hydrogen) atoms. The molecule has 0 saturated heterocycles. The van der Waals surface area contributed by atoms with E-state index in [1.165, 1.54) is 19.3 Å². The van der Waals surface area contributed by atoms with E-state index < -0.39 is 11.0 Å². The fraction of sp³-hybridized carbons (Fsp3) is 0.708. The number of hydrogen-bond donors (Lipinski definition) is 1. The highest BCUT2D eigenvalue weighted by Crippen LogP contribution is 2.65. The van der Waals surface area contributed by atoms with Crippen molar-refractivity contribution in [2.75, 3.05) is 0 Å². The van der Waals surface area contributed by atoms with Gasteiger partial charge >= 0.3 is 5.97 Å². The number of hydrogen-bond acceptors (Lipinski definition) is 3. The van der Waals surface area contributed by atoms with Crippen molar-refractivity contribution in [2.45, 2.75) is 78.2 Å². The number of carbonyl (C=O) groups is 1. The second kappa shape index (κ2) is 6.34. The molecule has 0 aliphatic heterocycles. The third-order valence-electron chi connectivity index (χ3n) is 8.13. The standard InChI is InChI=1S/C24H34O3/c1-5-22(2,3)21(25)27-20-8-6-19(7-9-20)23(4,26)24-13-16-10-17(14-24)12-18(11-16)15-24/h6-9,16-18,26H,5,10-15H2,1-4H3. The number of benzene rings is 1. The normalized spacial score (nSPS) is 34.3. The van der Waals surface area contributed by atoms with Crippen LogP contribution in [0, 0.1) is 28.6 Å². The van der Waals surface area contributed by atoms with Gasteiger partial charge in [-0.15, -0.1) is 0 Å². The Hall–Kier alpha value is -1.35. The minimum Gasteiger partial charge on any atom is -0.426 e. The molecule has 0 spiro atoms. The van der Waals surface area contributed by atoms with E-state index in [9.17, 15) is 9.90 Å². The summed E-state index contributed by atoms with van der Waals surface area (Å²) in [7, 11) is 0. The van der Waals surface area contributed by atoms with Gasteiger partial charge in [-0.1, -0.05) is 19.1 Å². The molecule has 0 heterocycles. The Balaban J connectivity index is 1.54. The molecule has 4 aliphatic rings. The lowest BCUT2D eigenvalue weighted by Crippen LogP contribution is -2.55. The van der Waals surface area contributed by atoms with E-state index in [0.717, 1.165) is 49.0 Å². The number of ether oxygens (including phenoxy) is 1. The van der Waals surface area contributed by atoms with Crippen LogP contribution in [0.2, 0.25) is 0 Å². The van der Waals surface area contributed by atoms with Crippen LogP contribution in [-0.4, -0.2) is 11.1 Å². The van der Waals surface area contributed by atoms with Gasteiger partial charge in [-0.05, 0) is 101 Å². The average Bonchev–Trinajstić information content (AvgIpc) is 2.61. The summed E-state index contributed by atoms with van der Waals surface area (Å²) in [6.45, 7) is 7.82. The van der Waals surface area contributed by atoms with Crippen molar-refractivity contribution in [3.05, 3.63) is 29.8 Å². The van der Waals surface area contributed by atoms with E-state index in [1.54, 1.807) is 0 Å². The predicted molar refractivity (Wildman–Crippen MR) is 106 cm³/mol. The summed E-state index contributed by atoms with van der Waals surface area (Å²) < 4.78 is 5.57. The summed E-state index contributed by atoms with van der Waals surface area (Å²) in [6.07, 6.45) is 8.34. The van der Waals surface area contributed by atoms with E-state index in [0.29, 0.717) is 5.75 Å². The zero-order valence-corrected chi connectivity index (χ0v) is 17.3. The molecule has 4 saturated carbocycles. The van der Waals surface area contributed by atoms with Crippen molar-refractivity contribution in [3.8, 4) is 5.75 Å². The molecule has 1 unspecified atom stereocenters. The molecule has 4 aliphatic carbocycles. The van der Waals surface area contributed by atoms with Crippen LogP contribution in [0.3, 0.4) is 0 Å². The lowest BCUT2D eigenvalue weighted by Gasteiger charge is -2.61. The van der Waals surface area contributed by atoms with Gasteiger partial charge in [0.05, 0.1) is 11.0 Å². The molecular formula is C24H34O3. The van der Waals surface area contributed by atoms with Crippen LogP contribution in [0.1, 0.15) is 78.2 Å². The van der Waals surface area contributed by atoms with Gasteiger partial charge in [0.15, 0.2) is 0 Å². The third kappa shape index (κ3) is 3.12. The Kier molecular flexibility index (Phi) is 4.46. The molecule has 0 aromatic heterocycles. The topological polar surface area (TPSA) is 46.5 Å². The maximum atomic E-state index is 12.3. The SMILES string of the molecule is CCC(C)(C)C(=O)Oc1ccc(C(C)(O)C23CC4CC(CC(C4)C2)C3)cc1. The van der Waals surface area contributed by atoms with Crippen LogP contribution in [0.25, 0.3) is 0 Å². The highest BCUT2D eigenvalue weighted by molar-refractivity contribution is 5.78. The smallest absolute Gasteiger partial charge is 0.316 e. The van der Waals surface area contributed by atoms with Crippen LogP contribution < -0.4 is 4.74 Å². The van der Waals surface area contributed by atoms with Gasteiger partial charge in [0, 0.05) is 5.41 Å². The van der Waals surface area contributed by atoms with Crippen molar-refractivity contribution in [2.24, 2.45) is 28.6 Å². The molecule has 0 amide bonds. The van der Waals surface area contributed by atoms with E-state index >= 15 is 0 Å². The first-order valence-electron chi connectivity index (χ1n) is 10.7. The fourth-order valence-electron chi connectivity index (χ4n) is 6.25. The fourth-order valence-corrected chi connectivity index (χ4v) is 6.25. The van der Waals surface area contributed by atoms with E-state index in [-0.39, 0.29) is 11.4 Å². The van der Waals surface area contributed by atoms with Crippen molar-refractivity contribution in [1.82, 2.24) is 0 Å². The Morgan fingerprint density at radius 2 is 1.52 bits per heavy atom. The summed E-state index contributed by atoms with van der Waals surface area (Å²) in [6, 6.07) is 7.60. The van der Waals surface area contributed by atoms with Gasteiger partial charge in [0.1, 0.15) is 5.75 Å². The van der Waals surface area contributed by atoms with Gasteiger partial charge in [-0.2, -0.15) is 0 Å². The highest BCUT2D eigenvalue weighted by Gasteiger charge is 2.58. The number of aliphatic hydroxyl groups is 1. The largest absolute Gasteiger partial charge is 0.426 e. The summed E-state index contributed by atoms with van der Waals surface area (Å²) >= 11 is 0. The lowest BCUT2D eigenvalue weighted by molar-refractivity contribution is -0.176. The van der Waals surface area contributed by atoms with Crippen LogP contribution in [0.15, 0.2) is 24.3 Å². The molecule has 1 atom stereocenters. The predicted octanol–water partition coefficient (Wildman–Crippen LogP) is 5.45. The van der Waals surface area contributed by atoms with E-state index in [2.05, 4.69) is 0 Å². The monoisotopic (exact) mass is 370 g/mol. The quantitative estimate of drug-likeness (QED) is 0.553. The highest BCUT2D eigenvalue weighted by atomic mass is 16.5. The van der Waals surface area contributed by atoms with Crippen LogP contribution in [0.5, 0.6) is 5.75 Å². The van der Waals surface area contributed by atoms with E-state index in [1.807, 2.05) is 52.0 Å². The van der Waals surface area contributed by atoms with Gasteiger partial charge in [0.2, 0.25) is 0 Å².